The number of halogens is 2. The number of anilines is 1. The second-order valence-electron chi connectivity index (χ2n) is 6.33. The lowest BCUT2D eigenvalue weighted by molar-refractivity contribution is 0.0390. The molecule has 3 aromatic rings. The number of amides is 1. The number of morpholine rings is 1. The van der Waals surface area contributed by atoms with Gasteiger partial charge in [0.25, 0.3) is 5.91 Å². The first-order chi connectivity index (χ1) is 13.1. The number of carbonyl (C=O) groups excluding carboxylic acids is 1. The van der Waals surface area contributed by atoms with E-state index in [1.54, 1.807) is 24.0 Å². The molecule has 7 nitrogen and oxygen atoms in total. The number of para-hydroxylation sites is 1. The zero-order valence-corrected chi connectivity index (χ0v) is 17.6. The Morgan fingerprint density at radius 1 is 1.36 bits per heavy atom. The molecule has 0 radical (unpaired) electrons. The molecule has 1 aromatic carbocycles. The number of hydrogen-bond donors (Lipinski definition) is 0. The normalized spacial score (nSPS) is 14.8. The molecule has 0 aliphatic carbocycles. The zero-order valence-electron chi connectivity index (χ0n) is 15.3. The first-order valence-corrected chi connectivity index (χ1v) is 9.91. The second-order valence-corrected chi connectivity index (χ2v) is 7.74. The molecule has 4 rings (SSSR count). The van der Waals surface area contributed by atoms with Crippen LogP contribution in [0.2, 0.25) is 5.02 Å². The molecule has 0 saturated carbocycles. The molecule has 1 aliphatic rings. The van der Waals surface area contributed by atoms with E-state index < -0.39 is 0 Å². The van der Waals surface area contributed by atoms with Crippen LogP contribution in [0.15, 0.2) is 28.8 Å². The molecule has 0 unspecified atom stereocenters. The summed E-state index contributed by atoms with van der Waals surface area (Å²) in [6, 6.07) is 7.27. The lowest BCUT2D eigenvalue weighted by Crippen LogP contribution is -2.43. The number of hydrogen-bond acceptors (Lipinski definition) is 7. The number of nitrogens with zero attached hydrogens (tertiary/aromatic N) is 4. The van der Waals surface area contributed by atoms with Crippen molar-refractivity contribution in [2.75, 3.05) is 44.3 Å². The quantitative estimate of drug-likeness (QED) is 0.600. The Hall–Kier alpha value is -1.71. The van der Waals surface area contributed by atoms with Gasteiger partial charge >= 0.3 is 0 Å². The summed E-state index contributed by atoms with van der Waals surface area (Å²) in [5.74, 6) is -0.0427. The summed E-state index contributed by atoms with van der Waals surface area (Å²) in [6.07, 6.45) is 0. The second kappa shape index (κ2) is 9.19. The fourth-order valence-electron chi connectivity index (χ4n) is 2.97. The van der Waals surface area contributed by atoms with Gasteiger partial charge in [0, 0.05) is 32.2 Å². The third-order valence-corrected chi connectivity index (χ3v) is 5.77. The fraction of sp³-hybridized carbons (Fsp3) is 0.389. The third kappa shape index (κ3) is 4.47. The molecular weight excluding hydrogens is 423 g/mol. The number of aromatic nitrogens is 2. The van der Waals surface area contributed by atoms with Crippen LogP contribution in [0, 0.1) is 6.92 Å². The largest absolute Gasteiger partial charge is 0.379 e. The van der Waals surface area contributed by atoms with E-state index in [-0.39, 0.29) is 24.1 Å². The molecule has 10 heteroatoms. The summed E-state index contributed by atoms with van der Waals surface area (Å²) in [6.45, 7) is 6.15. The van der Waals surface area contributed by atoms with E-state index in [0.29, 0.717) is 41.1 Å². The Balaban J connectivity index is 0.00000225. The molecule has 1 aliphatic heterocycles. The first kappa shape index (κ1) is 21.0. The van der Waals surface area contributed by atoms with Crippen LogP contribution in [0.3, 0.4) is 0 Å². The van der Waals surface area contributed by atoms with Gasteiger partial charge in [-0.05, 0) is 19.1 Å². The van der Waals surface area contributed by atoms with Crippen molar-refractivity contribution in [1.29, 1.82) is 0 Å². The van der Waals surface area contributed by atoms with Gasteiger partial charge in [-0.25, -0.2) is 4.98 Å². The minimum absolute atomic E-state index is 0. The highest BCUT2D eigenvalue weighted by molar-refractivity contribution is 7.22. The average molecular weight is 443 g/mol. The van der Waals surface area contributed by atoms with Crippen molar-refractivity contribution < 1.29 is 14.1 Å². The standard InChI is InChI=1S/C18H19ClN4O3S.ClH/c1-12-11-14(26-21-12)17(24)23(6-5-22-7-9-25-10-8-22)18-20-16-13(19)3-2-4-15(16)27-18;/h2-4,11H,5-10H2,1H3;1H. The molecule has 1 amide bonds. The molecule has 0 spiro atoms. The summed E-state index contributed by atoms with van der Waals surface area (Å²) >= 11 is 7.70. The molecule has 28 heavy (non-hydrogen) atoms. The van der Waals surface area contributed by atoms with E-state index in [1.807, 2.05) is 12.1 Å². The van der Waals surface area contributed by atoms with Gasteiger partial charge in [0.2, 0.25) is 5.76 Å². The third-order valence-electron chi connectivity index (χ3n) is 4.42. The van der Waals surface area contributed by atoms with E-state index >= 15 is 0 Å². The van der Waals surface area contributed by atoms with Crippen LogP contribution in [0.4, 0.5) is 5.13 Å². The van der Waals surface area contributed by atoms with Gasteiger partial charge in [-0.3, -0.25) is 14.6 Å². The van der Waals surface area contributed by atoms with Gasteiger partial charge < -0.3 is 9.26 Å². The fourth-order valence-corrected chi connectivity index (χ4v) is 4.26. The van der Waals surface area contributed by atoms with Crippen LogP contribution in [0.5, 0.6) is 0 Å². The van der Waals surface area contributed by atoms with Crippen LogP contribution in [0.25, 0.3) is 10.2 Å². The Bertz CT molecular complexity index is 955. The lowest BCUT2D eigenvalue weighted by atomic mass is 10.3. The Morgan fingerprint density at radius 3 is 2.82 bits per heavy atom. The zero-order chi connectivity index (χ0) is 18.8. The topological polar surface area (TPSA) is 71.7 Å². The van der Waals surface area contributed by atoms with E-state index in [9.17, 15) is 4.79 Å². The van der Waals surface area contributed by atoms with Crippen LogP contribution in [-0.2, 0) is 4.74 Å². The molecule has 0 N–H and O–H groups in total. The number of ether oxygens (including phenoxy) is 1. The van der Waals surface area contributed by atoms with Gasteiger partial charge in [0.15, 0.2) is 5.13 Å². The minimum Gasteiger partial charge on any atom is -0.379 e. The van der Waals surface area contributed by atoms with Gasteiger partial charge in [-0.2, -0.15) is 0 Å². The Kier molecular flexibility index (Phi) is 6.90. The number of benzene rings is 1. The van der Waals surface area contributed by atoms with Crippen molar-refractivity contribution in [2.24, 2.45) is 0 Å². The van der Waals surface area contributed by atoms with Gasteiger partial charge in [-0.1, -0.05) is 34.2 Å². The van der Waals surface area contributed by atoms with Crippen LogP contribution >= 0.6 is 35.3 Å². The molecule has 3 heterocycles. The van der Waals surface area contributed by atoms with Crippen molar-refractivity contribution in [3.8, 4) is 0 Å². The van der Waals surface area contributed by atoms with Crippen LogP contribution in [0.1, 0.15) is 16.2 Å². The van der Waals surface area contributed by atoms with Crippen molar-refractivity contribution in [3.05, 3.63) is 40.7 Å². The maximum absolute atomic E-state index is 13.1. The Morgan fingerprint density at radius 2 is 2.14 bits per heavy atom. The van der Waals surface area contributed by atoms with Crippen molar-refractivity contribution in [2.45, 2.75) is 6.92 Å². The van der Waals surface area contributed by atoms with Gasteiger partial charge in [0.1, 0.15) is 5.52 Å². The highest BCUT2D eigenvalue weighted by atomic mass is 35.5. The number of thiazole rings is 1. The Labute approximate surface area is 177 Å². The van der Waals surface area contributed by atoms with E-state index in [0.717, 1.165) is 24.3 Å². The molecule has 0 atom stereocenters. The monoisotopic (exact) mass is 442 g/mol. The maximum Gasteiger partial charge on any atom is 0.298 e. The smallest absolute Gasteiger partial charge is 0.298 e. The summed E-state index contributed by atoms with van der Waals surface area (Å²) in [5, 5.41) is 5.01. The predicted molar refractivity (Wildman–Crippen MR) is 112 cm³/mol. The summed E-state index contributed by atoms with van der Waals surface area (Å²) < 4.78 is 11.5. The summed E-state index contributed by atoms with van der Waals surface area (Å²) in [7, 11) is 0. The SMILES string of the molecule is Cc1cc(C(=O)N(CCN2CCOCC2)c2nc3c(Cl)cccc3s2)on1.Cl. The summed E-state index contributed by atoms with van der Waals surface area (Å²) in [5.41, 5.74) is 1.37. The van der Waals surface area contributed by atoms with Crippen molar-refractivity contribution >= 4 is 56.6 Å². The van der Waals surface area contributed by atoms with E-state index in [2.05, 4.69) is 15.0 Å². The van der Waals surface area contributed by atoms with Crippen molar-refractivity contribution in [1.82, 2.24) is 15.0 Å². The summed E-state index contributed by atoms with van der Waals surface area (Å²) in [4.78, 5) is 21.6. The van der Waals surface area contributed by atoms with E-state index in [4.69, 9.17) is 20.9 Å². The first-order valence-electron chi connectivity index (χ1n) is 8.72. The number of carbonyl (C=O) groups is 1. The molecule has 1 fully saturated rings. The maximum atomic E-state index is 13.1. The molecule has 1 saturated heterocycles. The number of rotatable bonds is 5. The van der Waals surface area contributed by atoms with Gasteiger partial charge in [0.05, 0.1) is 28.6 Å². The van der Waals surface area contributed by atoms with Crippen LogP contribution < -0.4 is 4.90 Å². The molecule has 2 aromatic heterocycles. The minimum atomic E-state index is -0.251. The molecule has 0 bridgehead atoms. The van der Waals surface area contributed by atoms with Crippen molar-refractivity contribution in [3.63, 3.8) is 0 Å². The predicted octanol–water partition coefficient (Wildman–Crippen LogP) is 3.65. The highest BCUT2D eigenvalue weighted by Crippen LogP contribution is 2.33. The van der Waals surface area contributed by atoms with Crippen LogP contribution in [-0.4, -0.2) is 60.3 Å². The van der Waals surface area contributed by atoms with Gasteiger partial charge in [-0.15, -0.1) is 12.4 Å². The van der Waals surface area contributed by atoms with E-state index in [1.165, 1.54) is 11.3 Å². The molecule has 150 valence electrons. The average Bonchev–Trinajstić information content (AvgIpc) is 3.30. The highest BCUT2D eigenvalue weighted by Gasteiger charge is 2.26. The number of fused-ring (bicyclic) bond motifs is 1. The lowest BCUT2D eigenvalue weighted by Gasteiger charge is -2.28. The molecular formula is C18H20Cl2N4O3S. The number of aryl methyl sites for hydroxylation is 1.